The summed E-state index contributed by atoms with van der Waals surface area (Å²) >= 11 is 0. The Bertz CT molecular complexity index is 1600. The SMILES string of the molecule is N#Cc1ccc(C2NC(Cc3c[nH]c4ccccc34)(C(=O)O)C3C(=O)N(Cc4ccccc4)C(=O)C23)cc1. The molecule has 2 aliphatic heterocycles. The van der Waals surface area contributed by atoms with E-state index in [0.29, 0.717) is 11.1 Å². The minimum absolute atomic E-state index is 0.0124. The lowest BCUT2D eigenvalue weighted by molar-refractivity contribution is -0.151. The van der Waals surface area contributed by atoms with E-state index >= 15 is 0 Å². The van der Waals surface area contributed by atoms with Crippen LogP contribution < -0.4 is 5.32 Å². The van der Waals surface area contributed by atoms with Gasteiger partial charge in [-0.2, -0.15) is 5.26 Å². The minimum Gasteiger partial charge on any atom is -0.480 e. The number of fused-ring (bicyclic) bond motifs is 2. The molecule has 2 fully saturated rings. The number of para-hydroxylation sites is 1. The van der Waals surface area contributed by atoms with Crippen LogP contribution in [-0.2, 0) is 27.3 Å². The molecule has 188 valence electrons. The highest BCUT2D eigenvalue weighted by Gasteiger charge is 2.68. The first-order chi connectivity index (χ1) is 18.4. The summed E-state index contributed by atoms with van der Waals surface area (Å²) in [6.07, 6.45) is 1.78. The van der Waals surface area contributed by atoms with E-state index in [4.69, 9.17) is 0 Å². The molecule has 4 atom stereocenters. The number of carboxylic acids is 1. The molecule has 2 amide bonds. The first kappa shape index (κ1) is 23.6. The number of nitrogens with zero attached hydrogens (tertiary/aromatic N) is 2. The first-order valence-electron chi connectivity index (χ1n) is 12.4. The topological polar surface area (TPSA) is 126 Å². The number of carbonyl (C=O) groups excluding carboxylic acids is 2. The molecule has 0 bridgehead atoms. The molecule has 4 unspecified atom stereocenters. The Morgan fingerprint density at radius 1 is 0.974 bits per heavy atom. The van der Waals surface area contributed by atoms with Gasteiger partial charge in [0.1, 0.15) is 5.54 Å². The number of likely N-dealkylation sites (tertiary alicyclic amines) is 1. The van der Waals surface area contributed by atoms with Crippen molar-refractivity contribution in [2.24, 2.45) is 11.8 Å². The summed E-state index contributed by atoms with van der Waals surface area (Å²) in [5.74, 6) is -4.08. The van der Waals surface area contributed by atoms with Crippen molar-refractivity contribution < 1.29 is 19.5 Å². The van der Waals surface area contributed by atoms with Crippen LogP contribution in [0.2, 0.25) is 0 Å². The fourth-order valence-corrected chi connectivity index (χ4v) is 6.05. The molecule has 0 saturated carbocycles. The van der Waals surface area contributed by atoms with Crippen molar-refractivity contribution in [2.75, 3.05) is 0 Å². The number of hydrogen-bond acceptors (Lipinski definition) is 5. The fourth-order valence-electron chi connectivity index (χ4n) is 6.05. The van der Waals surface area contributed by atoms with E-state index in [9.17, 15) is 24.8 Å². The second-order valence-electron chi connectivity index (χ2n) is 9.92. The van der Waals surface area contributed by atoms with Crippen LogP contribution in [0, 0.1) is 23.2 Å². The normalized spacial score (nSPS) is 24.5. The molecule has 8 heteroatoms. The van der Waals surface area contributed by atoms with Gasteiger partial charge in [0.25, 0.3) is 0 Å². The summed E-state index contributed by atoms with van der Waals surface area (Å²) in [6.45, 7) is 0.0778. The maximum atomic E-state index is 13.9. The molecular weight excluding hydrogens is 480 g/mol. The Morgan fingerprint density at radius 3 is 2.39 bits per heavy atom. The molecule has 2 aliphatic rings. The monoisotopic (exact) mass is 504 g/mol. The average Bonchev–Trinajstić information content (AvgIpc) is 3.58. The molecule has 8 nitrogen and oxygen atoms in total. The number of imide groups is 1. The minimum atomic E-state index is -1.72. The van der Waals surface area contributed by atoms with Crippen molar-refractivity contribution in [2.45, 2.75) is 24.5 Å². The zero-order valence-corrected chi connectivity index (χ0v) is 20.3. The Kier molecular flexibility index (Phi) is 5.59. The number of aromatic amines is 1. The van der Waals surface area contributed by atoms with Gasteiger partial charge in [-0.3, -0.25) is 24.6 Å². The number of rotatable bonds is 6. The number of aromatic nitrogens is 1. The van der Waals surface area contributed by atoms with Crippen LogP contribution in [0.3, 0.4) is 0 Å². The van der Waals surface area contributed by atoms with Crippen molar-refractivity contribution in [3.05, 3.63) is 107 Å². The van der Waals surface area contributed by atoms with E-state index in [-0.39, 0.29) is 13.0 Å². The first-order valence-corrected chi connectivity index (χ1v) is 12.4. The zero-order chi connectivity index (χ0) is 26.4. The van der Waals surface area contributed by atoms with E-state index in [1.165, 1.54) is 4.90 Å². The molecule has 3 aromatic carbocycles. The summed E-state index contributed by atoms with van der Waals surface area (Å²) in [5, 5.41) is 24.1. The zero-order valence-electron chi connectivity index (χ0n) is 20.3. The van der Waals surface area contributed by atoms with Crippen LogP contribution in [0.4, 0.5) is 0 Å². The predicted molar refractivity (Wildman–Crippen MR) is 138 cm³/mol. The third-order valence-corrected chi connectivity index (χ3v) is 7.85. The van der Waals surface area contributed by atoms with Crippen LogP contribution in [0.5, 0.6) is 0 Å². The van der Waals surface area contributed by atoms with Gasteiger partial charge in [0, 0.05) is 29.6 Å². The number of H-pyrrole nitrogens is 1. The maximum Gasteiger partial charge on any atom is 0.325 e. The van der Waals surface area contributed by atoms with Crippen molar-refractivity contribution >= 4 is 28.7 Å². The largest absolute Gasteiger partial charge is 0.480 e. The Balaban J connectivity index is 1.47. The molecule has 38 heavy (non-hydrogen) atoms. The van der Waals surface area contributed by atoms with Crippen LogP contribution in [0.1, 0.15) is 28.3 Å². The van der Waals surface area contributed by atoms with Crippen molar-refractivity contribution in [1.82, 2.24) is 15.2 Å². The molecule has 4 aromatic rings. The lowest BCUT2D eigenvalue weighted by Crippen LogP contribution is -2.57. The molecule has 0 spiro atoms. The molecular formula is C30H24N4O4. The maximum absolute atomic E-state index is 13.9. The van der Waals surface area contributed by atoms with E-state index in [2.05, 4.69) is 16.4 Å². The average molecular weight is 505 g/mol. The third kappa shape index (κ3) is 3.59. The van der Waals surface area contributed by atoms with E-state index in [1.54, 1.807) is 30.5 Å². The Morgan fingerprint density at radius 2 is 1.68 bits per heavy atom. The number of nitriles is 1. The van der Waals surface area contributed by atoms with Crippen molar-refractivity contribution in [3.8, 4) is 6.07 Å². The number of carbonyl (C=O) groups is 3. The van der Waals surface area contributed by atoms with E-state index in [0.717, 1.165) is 22.0 Å². The number of amides is 2. The highest BCUT2D eigenvalue weighted by atomic mass is 16.4. The van der Waals surface area contributed by atoms with Crippen LogP contribution in [0.25, 0.3) is 10.9 Å². The van der Waals surface area contributed by atoms with Gasteiger partial charge in [0.05, 0.1) is 30.0 Å². The molecule has 2 saturated heterocycles. The van der Waals surface area contributed by atoms with Crippen LogP contribution in [-0.4, -0.2) is 38.3 Å². The summed E-state index contributed by atoms with van der Waals surface area (Å²) in [7, 11) is 0. The summed E-state index contributed by atoms with van der Waals surface area (Å²) in [5.41, 5.74) is 1.79. The van der Waals surface area contributed by atoms with Gasteiger partial charge in [-0.25, -0.2) is 0 Å². The number of aliphatic carboxylic acids is 1. The van der Waals surface area contributed by atoms with Crippen LogP contribution >= 0.6 is 0 Å². The van der Waals surface area contributed by atoms with Crippen molar-refractivity contribution in [3.63, 3.8) is 0 Å². The fraction of sp³-hybridized carbons (Fsp3) is 0.200. The van der Waals surface area contributed by atoms with Gasteiger partial charge in [0.2, 0.25) is 11.8 Å². The lowest BCUT2D eigenvalue weighted by atomic mass is 9.76. The molecule has 0 aliphatic carbocycles. The van der Waals surface area contributed by atoms with Gasteiger partial charge in [-0.1, -0.05) is 60.7 Å². The highest BCUT2D eigenvalue weighted by molar-refractivity contribution is 6.09. The molecule has 1 aromatic heterocycles. The smallest absolute Gasteiger partial charge is 0.325 e. The number of carboxylic acid groups (broad SMARTS) is 1. The Hall–Kier alpha value is -4.74. The Labute approximate surface area is 218 Å². The summed E-state index contributed by atoms with van der Waals surface area (Å²) in [4.78, 5) is 45.3. The van der Waals surface area contributed by atoms with Crippen molar-refractivity contribution in [1.29, 1.82) is 5.26 Å². The highest BCUT2D eigenvalue weighted by Crippen LogP contribution is 2.50. The second-order valence-corrected chi connectivity index (χ2v) is 9.92. The van der Waals surface area contributed by atoms with Gasteiger partial charge >= 0.3 is 5.97 Å². The molecule has 3 N–H and O–H groups in total. The van der Waals surface area contributed by atoms with Gasteiger partial charge in [-0.15, -0.1) is 0 Å². The van der Waals surface area contributed by atoms with Gasteiger partial charge < -0.3 is 10.1 Å². The summed E-state index contributed by atoms with van der Waals surface area (Å²) in [6, 6.07) is 24.8. The van der Waals surface area contributed by atoms with Gasteiger partial charge in [-0.05, 0) is 34.9 Å². The third-order valence-electron chi connectivity index (χ3n) is 7.85. The standard InChI is InChI=1S/C30H24N4O4/c31-15-18-10-12-20(13-11-18)26-24-25(28(36)34(27(24)35)17-19-6-2-1-3-7-19)30(33-26,29(37)38)14-21-16-32-23-9-5-4-8-22(21)23/h1-13,16,24-26,32-33H,14,17H2,(H,37,38). The quantitative estimate of drug-likeness (QED) is 0.345. The number of hydrogen-bond donors (Lipinski definition) is 3. The summed E-state index contributed by atoms with van der Waals surface area (Å²) < 4.78 is 0. The second kappa shape index (κ2) is 8.98. The predicted octanol–water partition coefficient (Wildman–Crippen LogP) is 3.55. The van der Waals surface area contributed by atoms with Crippen LogP contribution in [0.15, 0.2) is 85.1 Å². The molecule has 6 rings (SSSR count). The van der Waals surface area contributed by atoms with E-state index in [1.807, 2.05) is 54.6 Å². The molecule has 3 heterocycles. The molecule has 0 radical (unpaired) electrons. The number of nitrogens with one attached hydrogen (secondary N) is 2. The van der Waals surface area contributed by atoms with Gasteiger partial charge in [0.15, 0.2) is 0 Å². The number of benzene rings is 3. The lowest BCUT2D eigenvalue weighted by Gasteiger charge is -2.31. The van der Waals surface area contributed by atoms with E-state index < -0.39 is 41.2 Å².